The van der Waals surface area contributed by atoms with Crippen LogP contribution in [0.15, 0.2) is 108 Å². The molecule has 0 spiro atoms. The number of nitrogens with one attached hydrogen (secondary N) is 1. The second-order valence-electron chi connectivity index (χ2n) is 12.1. The molecule has 4 aromatic rings. The third-order valence-corrected chi connectivity index (χ3v) is 10.4. The number of ether oxygens (including phenoxy) is 1. The molecule has 0 bridgehead atoms. The Morgan fingerprint density at radius 1 is 0.816 bits per heavy atom. The molecule has 0 heterocycles. The summed E-state index contributed by atoms with van der Waals surface area (Å²) >= 11 is 0. The van der Waals surface area contributed by atoms with E-state index in [1.54, 1.807) is 12.1 Å². The van der Waals surface area contributed by atoms with E-state index in [9.17, 15) is 26.8 Å². The number of benzene rings is 4. The van der Waals surface area contributed by atoms with Gasteiger partial charge in [0.1, 0.15) is 30.0 Å². The highest BCUT2D eigenvalue weighted by molar-refractivity contribution is 7.92. The van der Waals surface area contributed by atoms with Gasteiger partial charge in [0.25, 0.3) is 10.0 Å². The zero-order valence-corrected chi connectivity index (χ0v) is 28.2. The normalized spacial score (nSPS) is 14.1. The highest BCUT2D eigenvalue weighted by Crippen LogP contribution is 2.27. The second kappa shape index (κ2) is 16.6. The van der Waals surface area contributed by atoms with Crippen LogP contribution in [0.4, 0.5) is 14.5 Å². The van der Waals surface area contributed by atoms with Crippen LogP contribution >= 0.6 is 0 Å². The Balaban J connectivity index is 1.56. The molecule has 11 heteroatoms. The lowest BCUT2D eigenvalue weighted by Gasteiger charge is -2.35. The van der Waals surface area contributed by atoms with Crippen LogP contribution in [-0.2, 0) is 32.6 Å². The summed E-state index contributed by atoms with van der Waals surface area (Å²) in [6.07, 6.45) is 4.91. The van der Waals surface area contributed by atoms with Gasteiger partial charge in [-0.1, -0.05) is 61.7 Å². The Bertz CT molecular complexity index is 1780. The van der Waals surface area contributed by atoms with E-state index < -0.39 is 40.2 Å². The number of hydrogen-bond donors (Lipinski definition) is 1. The SMILES string of the molecule is CCOc1ccc(N(CC(=O)N(Cc2ccc(F)cc2)C(Cc2ccccc2)C(=O)NC2CCCCC2)S(=O)(=O)c2ccc(F)cc2)cc1. The lowest BCUT2D eigenvalue weighted by Crippen LogP contribution is -2.55. The van der Waals surface area contributed by atoms with Crippen LogP contribution in [0.25, 0.3) is 0 Å². The smallest absolute Gasteiger partial charge is 0.264 e. The van der Waals surface area contributed by atoms with Crippen molar-refractivity contribution in [2.24, 2.45) is 0 Å². The molecule has 1 N–H and O–H groups in total. The third kappa shape index (κ3) is 9.44. The zero-order valence-electron chi connectivity index (χ0n) is 27.4. The predicted octanol–water partition coefficient (Wildman–Crippen LogP) is 6.65. The summed E-state index contributed by atoms with van der Waals surface area (Å²) in [6.45, 7) is 1.47. The molecule has 1 atom stereocenters. The molecule has 8 nitrogen and oxygen atoms in total. The van der Waals surface area contributed by atoms with Crippen molar-refractivity contribution in [3.05, 3.63) is 126 Å². The summed E-state index contributed by atoms with van der Waals surface area (Å²) < 4.78 is 62.5. The van der Waals surface area contributed by atoms with Gasteiger partial charge in [-0.25, -0.2) is 17.2 Å². The molecule has 2 amide bonds. The Labute approximate surface area is 286 Å². The van der Waals surface area contributed by atoms with E-state index in [1.165, 1.54) is 41.3 Å². The molecule has 1 aliphatic carbocycles. The van der Waals surface area contributed by atoms with Crippen molar-refractivity contribution in [2.75, 3.05) is 17.5 Å². The average Bonchev–Trinajstić information content (AvgIpc) is 3.11. The van der Waals surface area contributed by atoms with E-state index in [0.29, 0.717) is 17.9 Å². The van der Waals surface area contributed by atoms with Gasteiger partial charge in [0.2, 0.25) is 11.8 Å². The highest BCUT2D eigenvalue weighted by Gasteiger charge is 2.35. The Morgan fingerprint density at radius 3 is 2.04 bits per heavy atom. The molecule has 4 aromatic carbocycles. The molecular weight excluding hydrogens is 648 g/mol. The largest absolute Gasteiger partial charge is 0.494 e. The van der Waals surface area contributed by atoms with Gasteiger partial charge in [0.15, 0.2) is 0 Å². The van der Waals surface area contributed by atoms with E-state index in [-0.39, 0.29) is 35.5 Å². The summed E-state index contributed by atoms with van der Waals surface area (Å²) in [5.41, 5.74) is 1.55. The Morgan fingerprint density at radius 2 is 1.43 bits per heavy atom. The van der Waals surface area contributed by atoms with Crippen molar-refractivity contribution < 1.29 is 31.5 Å². The molecule has 258 valence electrons. The topological polar surface area (TPSA) is 96.0 Å². The minimum Gasteiger partial charge on any atom is -0.494 e. The van der Waals surface area contributed by atoms with Crippen LogP contribution in [0.3, 0.4) is 0 Å². The fourth-order valence-electron chi connectivity index (χ4n) is 6.02. The number of nitrogens with zero attached hydrogens (tertiary/aromatic N) is 2. The lowest BCUT2D eigenvalue weighted by atomic mass is 9.94. The fraction of sp³-hybridized carbons (Fsp3) is 0.316. The first kappa shape index (κ1) is 35.5. The summed E-state index contributed by atoms with van der Waals surface area (Å²) in [5.74, 6) is -1.55. The molecule has 1 fully saturated rings. The third-order valence-electron chi connectivity index (χ3n) is 8.61. The number of halogens is 2. The van der Waals surface area contributed by atoms with E-state index >= 15 is 0 Å². The molecule has 1 saturated carbocycles. The van der Waals surface area contributed by atoms with Crippen LogP contribution in [0.1, 0.15) is 50.2 Å². The first-order valence-electron chi connectivity index (χ1n) is 16.5. The second-order valence-corrected chi connectivity index (χ2v) is 14.0. The quantitative estimate of drug-likeness (QED) is 0.160. The number of anilines is 1. The van der Waals surface area contributed by atoms with Gasteiger partial charge in [-0.2, -0.15) is 0 Å². The minimum absolute atomic E-state index is 0.0403. The van der Waals surface area contributed by atoms with Crippen molar-refractivity contribution in [3.8, 4) is 5.75 Å². The van der Waals surface area contributed by atoms with Gasteiger partial charge < -0.3 is 15.0 Å². The Hall–Kier alpha value is -4.77. The van der Waals surface area contributed by atoms with Crippen LogP contribution in [0, 0.1) is 11.6 Å². The standard InChI is InChI=1S/C38H41F2N3O5S/c1-2-48-34-21-19-33(20-22-34)43(49(46,47)35-23-17-31(40)18-24-35)27-37(44)42(26-29-13-15-30(39)16-14-29)36(25-28-9-5-3-6-10-28)38(45)41-32-11-7-4-8-12-32/h3,5-6,9-10,13-24,32,36H,2,4,7-8,11-12,25-27H2,1H3,(H,41,45). The molecule has 0 saturated heterocycles. The minimum atomic E-state index is -4.40. The summed E-state index contributed by atoms with van der Waals surface area (Å²) in [4.78, 5) is 29.9. The number of sulfonamides is 1. The zero-order chi connectivity index (χ0) is 34.8. The Kier molecular flexibility index (Phi) is 12.0. The monoisotopic (exact) mass is 689 g/mol. The van der Waals surface area contributed by atoms with Gasteiger partial charge in [0.05, 0.1) is 17.2 Å². The molecular formula is C38H41F2N3O5S. The van der Waals surface area contributed by atoms with E-state index in [4.69, 9.17) is 4.74 Å². The van der Waals surface area contributed by atoms with Gasteiger partial charge in [-0.3, -0.25) is 13.9 Å². The molecule has 1 aliphatic rings. The maximum Gasteiger partial charge on any atom is 0.264 e. The van der Waals surface area contributed by atoms with Crippen molar-refractivity contribution in [1.29, 1.82) is 0 Å². The van der Waals surface area contributed by atoms with Crippen molar-refractivity contribution in [1.82, 2.24) is 10.2 Å². The average molecular weight is 690 g/mol. The molecule has 1 unspecified atom stereocenters. The summed E-state index contributed by atoms with van der Waals surface area (Å²) in [7, 11) is -4.40. The summed E-state index contributed by atoms with van der Waals surface area (Å²) in [6, 6.07) is 24.5. The van der Waals surface area contributed by atoms with Crippen LogP contribution < -0.4 is 14.4 Å². The van der Waals surface area contributed by atoms with Crippen LogP contribution in [0.5, 0.6) is 5.75 Å². The number of rotatable bonds is 14. The van der Waals surface area contributed by atoms with E-state index in [2.05, 4.69) is 5.32 Å². The maximum atomic E-state index is 14.6. The predicted molar refractivity (Wildman–Crippen MR) is 184 cm³/mol. The summed E-state index contributed by atoms with van der Waals surface area (Å²) in [5, 5.41) is 3.16. The molecule has 49 heavy (non-hydrogen) atoms. The molecule has 0 aliphatic heterocycles. The molecule has 5 rings (SSSR count). The van der Waals surface area contributed by atoms with Crippen molar-refractivity contribution in [3.63, 3.8) is 0 Å². The number of carbonyl (C=O) groups excluding carboxylic acids is 2. The van der Waals surface area contributed by atoms with E-state index in [0.717, 1.165) is 66.2 Å². The highest BCUT2D eigenvalue weighted by atomic mass is 32.2. The van der Waals surface area contributed by atoms with Gasteiger partial charge >= 0.3 is 0 Å². The van der Waals surface area contributed by atoms with Crippen molar-refractivity contribution >= 4 is 27.5 Å². The molecule has 0 radical (unpaired) electrons. The molecule has 0 aromatic heterocycles. The first-order chi connectivity index (χ1) is 23.6. The van der Waals surface area contributed by atoms with Gasteiger partial charge in [0, 0.05) is 19.0 Å². The lowest BCUT2D eigenvalue weighted by molar-refractivity contribution is -0.140. The number of hydrogen-bond acceptors (Lipinski definition) is 5. The van der Waals surface area contributed by atoms with Gasteiger partial charge in [-0.05, 0) is 91.6 Å². The van der Waals surface area contributed by atoms with Crippen molar-refractivity contribution in [2.45, 2.75) is 69.0 Å². The first-order valence-corrected chi connectivity index (χ1v) is 18.0. The van der Waals surface area contributed by atoms with Crippen LogP contribution in [0.2, 0.25) is 0 Å². The maximum absolute atomic E-state index is 14.6. The number of amides is 2. The fourth-order valence-corrected chi connectivity index (χ4v) is 7.44. The van der Waals surface area contributed by atoms with Gasteiger partial charge in [-0.15, -0.1) is 0 Å². The van der Waals surface area contributed by atoms with E-state index in [1.807, 2.05) is 37.3 Å². The number of carbonyl (C=O) groups is 2. The van der Waals surface area contributed by atoms with Crippen LogP contribution in [-0.4, -0.2) is 50.4 Å².